The predicted octanol–water partition coefficient (Wildman–Crippen LogP) is 0.403. The van der Waals surface area contributed by atoms with Gasteiger partial charge in [0.25, 0.3) is 0 Å². The van der Waals surface area contributed by atoms with E-state index in [4.69, 9.17) is 0 Å². The molecule has 0 N–H and O–H groups in total. The summed E-state index contributed by atoms with van der Waals surface area (Å²) < 4.78 is 0. The second-order valence-electron chi connectivity index (χ2n) is 0. The van der Waals surface area contributed by atoms with Crippen LogP contribution < -0.4 is 0 Å². The molecule has 0 bridgehead atoms. The van der Waals surface area contributed by atoms with Crippen molar-refractivity contribution in [2.24, 2.45) is 0 Å². The Bertz CT molecular complexity index is 7.61. The minimum absolute atomic E-state index is 0. The molecule has 26 valence electrons. The summed E-state index contributed by atoms with van der Waals surface area (Å²) in [5, 5.41) is 0. The Balaban J connectivity index is -0.0000000133. The van der Waals surface area contributed by atoms with Crippen molar-refractivity contribution in [3.05, 3.63) is 0 Å². The van der Waals surface area contributed by atoms with Gasteiger partial charge < -0.3 is 0 Å². The van der Waals surface area contributed by atoms with Gasteiger partial charge in [0, 0.05) is 0 Å². The van der Waals surface area contributed by atoms with E-state index in [2.05, 4.69) is 32.0 Å². The van der Waals surface area contributed by atoms with Gasteiger partial charge in [0.1, 0.15) is 0 Å². The average Bonchev–Trinajstić information content (AvgIpc) is 1.50. The van der Waals surface area contributed by atoms with Crippen LogP contribution in [-0.4, -0.2) is 32.0 Å². The van der Waals surface area contributed by atoms with E-state index in [1.54, 1.807) is 0 Å². The van der Waals surface area contributed by atoms with E-state index in [-0.39, 0.29) is 19.5 Å². The molecule has 0 saturated heterocycles. The maximum Gasteiger partial charge on any atom is 2.00 e. The molecule has 0 amide bonds. The largest absolute Gasteiger partial charge is 2.00 e. The first-order valence-electron chi connectivity index (χ1n) is 0.816. The molecule has 0 rings (SSSR count). The molecule has 0 fully saturated rings. The van der Waals surface area contributed by atoms with E-state index >= 15 is 0 Å². The summed E-state index contributed by atoms with van der Waals surface area (Å²) in [6.45, 7) is 0. The standard InChI is InChI=1S/2CH3Se.Zn/c2*1-2;/h2*1H3;/q;;+2. The minimum atomic E-state index is 0. The monoisotopic (exact) mass is 254 g/mol. The zero-order chi connectivity index (χ0) is 4.00. The molecular weight excluding hydrogens is 247 g/mol. The number of rotatable bonds is 0. The molecule has 0 aliphatic rings. The van der Waals surface area contributed by atoms with Gasteiger partial charge in [-0.15, -0.1) is 0 Å². The van der Waals surface area contributed by atoms with E-state index in [9.17, 15) is 0 Å². The molecular formula is C2H6Se2Zn+2. The van der Waals surface area contributed by atoms with Crippen LogP contribution in [0.15, 0.2) is 0 Å². The summed E-state index contributed by atoms with van der Waals surface area (Å²) in [5.41, 5.74) is 0. The summed E-state index contributed by atoms with van der Waals surface area (Å²) in [6.07, 6.45) is 0. The van der Waals surface area contributed by atoms with Crippen molar-refractivity contribution in [1.82, 2.24) is 0 Å². The molecule has 0 aromatic heterocycles. The van der Waals surface area contributed by atoms with Crippen molar-refractivity contribution >= 4 is 32.0 Å². The van der Waals surface area contributed by atoms with Crippen LogP contribution in [0.5, 0.6) is 0 Å². The fourth-order valence-corrected chi connectivity index (χ4v) is 0. The van der Waals surface area contributed by atoms with Crippen molar-refractivity contribution in [2.75, 3.05) is 0 Å². The molecule has 0 unspecified atom stereocenters. The molecule has 5 heavy (non-hydrogen) atoms. The second kappa shape index (κ2) is 44.5. The normalized spacial score (nSPS) is 2.40. The third-order valence-corrected chi connectivity index (χ3v) is 0. The summed E-state index contributed by atoms with van der Waals surface area (Å²) in [4.78, 5) is 0. The van der Waals surface area contributed by atoms with Crippen molar-refractivity contribution in [1.29, 1.82) is 0 Å². The van der Waals surface area contributed by atoms with Crippen molar-refractivity contribution < 1.29 is 19.5 Å². The summed E-state index contributed by atoms with van der Waals surface area (Å²) in [7, 11) is 0. The number of hydrogen-bond donors (Lipinski definition) is 0. The van der Waals surface area contributed by atoms with Gasteiger partial charge in [-0.25, -0.2) is 0 Å². The van der Waals surface area contributed by atoms with Crippen molar-refractivity contribution in [2.45, 2.75) is 11.6 Å². The first-order chi connectivity index (χ1) is 2.00. The Kier molecular flexibility index (Phi) is 142. The fourth-order valence-electron chi connectivity index (χ4n) is 0. The first-order valence-corrected chi connectivity index (χ1v) is 4.24. The first kappa shape index (κ1) is 15.9. The minimum Gasteiger partial charge on any atom is 2.00 e. The molecule has 0 aliphatic heterocycles. The van der Waals surface area contributed by atoms with E-state index < -0.39 is 0 Å². The van der Waals surface area contributed by atoms with Crippen LogP contribution >= 0.6 is 0 Å². The predicted molar refractivity (Wildman–Crippen MR) is 23.2 cm³/mol. The molecule has 0 heterocycles. The second-order valence-corrected chi connectivity index (χ2v) is 0. The van der Waals surface area contributed by atoms with Crippen LogP contribution in [0, 0.1) is 0 Å². The van der Waals surface area contributed by atoms with Gasteiger partial charge >= 0.3 is 63.1 Å². The summed E-state index contributed by atoms with van der Waals surface area (Å²) in [6, 6.07) is 0. The van der Waals surface area contributed by atoms with Gasteiger partial charge in [0.15, 0.2) is 0 Å². The van der Waals surface area contributed by atoms with Gasteiger partial charge in [0.2, 0.25) is 0 Å². The Labute approximate surface area is 62.9 Å². The van der Waals surface area contributed by atoms with Gasteiger partial charge in [-0.1, -0.05) is 0 Å². The van der Waals surface area contributed by atoms with Crippen LogP contribution in [0.4, 0.5) is 0 Å². The Hall–Kier alpha value is 1.66. The maximum atomic E-state index is 2.62. The molecule has 0 saturated carbocycles. The third-order valence-electron chi connectivity index (χ3n) is 0. The quantitative estimate of drug-likeness (QED) is 0.548. The van der Waals surface area contributed by atoms with Gasteiger partial charge in [-0.3, -0.25) is 0 Å². The average molecular weight is 253 g/mol. The molecule has 0 spiro atoms. The Morgan fingerprint density at radius 2 is 0.800 bits per heavy atom. The number of hydrogen-bond acceptors (Lipinski definition) is 0. The Morgan fingerprint density at radius 1 is 0.800 bits per heavy atom. The summed E-state index contributed by atoms with van der Waals surface area (Å²) in [5.74, 6) is 3.75. The van der Waals surface area contributed by atoms with Crippen molar-refractivity contribution in [3.63, 3.8) is 0 Å². The van der Waals surface area contributed by atoms with Crippen LogP contribution in [0.25, 0.3) is 0 Å². The topological polar surface area (TPSA) is 0 Å². The Morgan fingerprint density at radius 3 is 0.800 bits per heavy atom. The summed E-state index contributed by atoms with van der Waals surface area (Å²) >= 11 is 5.25. The van der Waals surface area contributed by atoms with Crippen molar-refractivity contribution in [3.8, 4) is 0 Å². The van der Waals surface area contributed by atoms with E-state index in [0.29, 0.717) is 0 Å². The zero-order valence-electron chi connectivity index (χ0n) is 3.52. The van der Waals surface area contributed by atoms with Gasteiger partial charge in [-0.05, 0) is 0 Å². The molecule has 0 aromatic carbocycles. The van der Waals surface area contributed by atoms with E-state index in [1.807, 2.05) is 11.6 Å². The van der Waals surface area contributed by atoms with E-state index in [0.717, 1.165) is 0 Å². The van der Waals surface area contributed by atoms with Crippen LogP contribution in [0.1, 0.15) is 0 Å². The molecule has 0 atom stereocenters. The maximum absolute atomic E-state index is 2.62. The van der Waals surface area contributed by atoms with Crippen LogP contribution in [0.2, 0.25) is 11.6 Å². The molecule has 0 aliphatic carbocycles. The van der Waals surface area contributed by atoms with Crippen LogP contribution in [0.3, 0.4) is 0 Å². The van der Waals surface area contributed by atoms with Crippen LogP contribution in [-0.2, 0) is 19.5 Å². The smallest absolute Gasteiger partial charge is 2.00 e. The third kappa shape index (κ3) is 27.5. The van der Waals surface area contributed by atoms with Gasteiger partial charge in [0.05, 0.1) is 0 Å². The van der Waals surface area contributed by atoms with E-state index in [1.165, 1.54) is 0 Å². The molecule has 0 aromatic rings. The molecule has 0 nitrogen and oxygen atoms in total. The zero-order valence-corrected chi connectivity index (χ0v) is 9.92. The van der Waals surface area contributed by atoms with Gasteiger partial charge in [-0.2, -0.15) is 0 Å². The molecule has 3 heteroatoms. The SMILES string of the molecule is C[Se].C[Se].[Zn+2]. The molecule has 2 radical (unpaired) electrons. The fraction of sp³-hybridized carbons (Fsp3) is 1.00.